The third-order valence-electron chi connectivity index (χ3n) is 6.45. The van der Waals surface area contributed by atoms with E-state index in [2.05, 4.69) is 4.98 Å². The molecule has 4 rings (SSSR count). The molecular formula is C21H30N4O2. The fourth-order valence-electron chi connectivity index (χ4n) is 4.88. The molecule has 6 nitrogen and oxygen atoms in total. The molecule has 0 bridgehead atoms. The topological polar surface area (TPSA) is 66.4 Å². The van der Waals surface area contributed by atoms with Crippen LogP contribution in [0, 0.1) is 5.92 Å². The van der Waals surface area contributed by atoms with Gasteiger partial charge in [0.05, 0.1) is 11.7 Å². The Kier molecular flexibility index (Phi) is 5.41. The van der Waals surface area contributed by atoms with Crippen LogP contribution in [0.2, 0.25) is 0 Å². The van der Waals surface area contributed by atoms with Gasteiger partial charge in [-0.25, -0.2) is 9.97 Å². The largest absolute Gasteiger partial charge is 0.338 e. The molecule has 1 aromatic rings. The number of carbonyl (C=O) groups excluding carboxylic acids is 2. The van der Waals surface area contributed by atoms with Gasteiger partial charge in [-0.3, -0.25) is 9.59 Å². The van der Waals surface area contributed by atoms with Gasteiger partial charge in [0.2, 0.25) is 11.8 Å². The van der Waals surface area contributed by atoms with Gasteiger partial charge in [-0.05, 0) is 31.6 Å². The zero-order chi connectivity index (χ0) is 18.8. The van der Waals surface area contributed by atoms with Gasteiger partial charge in [0.15, 0.2) is 5.82 Å². The zero-order valence-corrected chi connectivity index (χ0v) is 16.3. The predicted molar refractivity (Wildman–Crippen MR) is 102 cm³/mol. The maximum absolute atomic E-state index is 12.7. The third kappa shape index (κ3) is 3.99. The van der Waals surface area contributed by atoms with E-state index in [1.54, 1.807) is 6.92 Å². The second kappa shape index (κ2) is 7.95. The fourth-order valence-corrected chi connectivity index (χ4v) is 4.88. The first kappa shape index (κ1) is 18.4. The van der Waals surface area contributed by atoms with E-state index in [9.17, 15) is 9.59 Å². The lowest BCUT2D eigenvalue weighted by molar-refractivity contribution is -0.133. The van der Waals surface area contributed by atoms with Crippen LogP contribution >= 0.6 is 0 Å². The SMILES string of the molecule is CC(=O)N1CCCC1c1ncc2c(n1)CCN(C(=O)CC1CCCCC1)C2. The molecular weight excluding hydrogens is 340 g/mol. The number of likely N-dealkylation sites (tertiary alicyclic amines) is 1. The van der Waals surface area contributed by atoms with Crippen LogP contribution in [0.25, 0.3) is 0 Å². The Balaban J connectivity index is 1.41. The molecule has 2 amide bonds. The minimum atomic E-state index is 0.0127. The van der Waals surface area contributed by atoms with Crippen molar-refractivity contribution in [1.82, 2.24) is 19.8 Å². The molecule has 2 fully saturated rings. The third-order valence-corrected chi connectivity index (χ3v) is 6.45. The van der Waals surface area contributed by atoms with E-state index in [4.69, 9.17) is 4.98 Å². The summed E-state index contributed by atoms with van der Waals surface area (Å²) < 4.78 is 0. The molecule has 1 aliphatic carbocycles. The number of amides is 2. The lowest BCUT2D eigenvalue weighted by Crippen LogP contribution is -2.38. The van der Waals surface area contributed by atoms with Crippen LogP contribution in [-0.2, 0) is 22.6 Å². The lowest BCUT2D eigenvalue weighted by Gasteiger charge is -2.31. The summed E-state index contributed by atoms with van der Waals surface area (Å²) in [7, 11) is 0. The van der Waals surface area contributed by atoms with Crippen LogP contribution in [0.4, 0.5) is 0 Å². The average Bonchev–Trinajstić information content (AvgIpc) is 3.18. The Morgan fingerprint density at radius 3 is 2.70 bits per heavy atom. The number of hydrogen-bond acceptors (Lipinski definition) is 4. The van der Waals surface area contributed by atoms with E-state index < -0.39 is 0 Å². The molecule has 1 saturated heterocycles. The highest BCUT2D eigenvalue weighted by Crippen LogP contribution is 2.31. The number of aromatic nitrogens is 2. The predicted octanol–water partition coefficient (Wildman–Crippen LogP) is 3.02. The van der Waals surface area contributed by atoms with E-state index >= 15 is 0 Å². The maximum atomic E-state index is 12.7. The van der Waals surface area contributed by atoms with E-state index in [1.807, 2.05) is 16.0 Å². The highest BCUT2D eigenvalue weighted by molar-refractivity contribution is 5.76. The van der Waals surface area contributed by atoms with Crippen molar-refractivity contribution in [2.45, 2.75) is 77.3 Å². The normalized spacial score (nSPS) is 23.4. The van der Waals surface area contributed by atoms with Crippen molar-refractivity contribution < 1.29 is 9.59 Å². The Hall–Kier alpha value is -1.98. The monoisotopic (exact) mass is 370 g/mol. The van der Waals surface area contributed by atoms with Crippen LogP contribution in [0.5, 0.6) is 0 Å². The second-order valence-electron chi connectivity index (χ2n) is 8.34. The van der Waals surface area contributed by atoms with Crippen LogP contribution in [0.15, 0.2) is 6.20 Å². The summed E-state index contributed by atoms with van der Waals surface area (Å²) in [6, 6.07) is 0.0127. The van der Waals surface area contributed by atoms with Crippen molar-refractivity contribution in [2.75, 3.05) is 13.1 Å². The summed E-state index contributed by atoms with van der Waals surface area (Å²) in [5.41, 5.74) is 2.12. The highest BCUT2D eigenvalue weighted by atomic mass is 16.2. The number of rotatable bonds is 3. The van der Waals surface area contributed by atoms with Gasteiger partial charge in [0.25, 0.3) is 0 Å². The molecule has 3 heterocycles. The molecule has 1 aromatic heterocycles. The Morgan fingerprint density at radius 1 is 1.11 bits per heavy atom. The van der Waals surface area contributed by atoms with E-state index in [0.29, 0.717) is 18.9 Å². The van der Waals surface area contributed by atoms with Gasteiger partial charge in [-0.2, -0.15) is 0 Å². The van der Waals surface area contributed by atoms with Crippen LogP contribution in [-0.4, -0.2) is 44.7 Å². The van der Waals surface area contributed by atoms with Crippen LogP contribution in [0.1, 0.15) is 81.4 Å². The number of nitrogens with zero attached hydrogens (tertiary/aromatic N) is 4. The quantitative estimate of drug-likeness (QED) is 0.820. The average molecular weight is 370 g/mol. The summed E-state index contributed by atoms with van der Waals surface area (Å²) in [4.78, 5) is 37.8. The summed E-state index contributed by atoms with van der Waals surface area (Å²) in [6.45, 7) is 3.79. The van der Waals surface area contributed by atoms with Gasteiger partial charge < -0.3 is 9.80 Å². The minimum Gasteiger partial charge on any atom is -0.338 e. The molecule has 6 heteroatoms. The van der Waals surface area contributed by atoms with Crippen molar-refractivity contribution in [3.63, 3.8) is 0 Å². The summed E-state index contributed by atoms with van der Waals surface area (Å²) in [6.07, 6.45) is 11.6. The Labute approximate surface area is 161 Å². The van der Waals surface area contributed by atoms with Crippen molar-refractivity contribution in [2.24, 2.45) is 5.92 Å². The highest BCUT2D eigenvalue weighted by Gasteiger charge is 2.31. The first-order chi connectivity index (χ1) is 13.1. The van der Waals surface area contributed by atoms with Crippen molar-refractivity contribution in [1.29, 1.82) is 0 Å². The van der Waals surface area contributed by atoms with Crippen LogP contribution < -0.4 is 0 Å². The molecule has 3 aliphatic rings. The number of fused-ring (bicyclic) bond motifs is 1. The Bertz CT molecular complexity index is 714. The molecule has 1 saturated carbocycles. The van der Waals surface area contributed by atoms with Crippen molar-refractivity contribution in [3.05, 3.63) is 23.3 Å². The van der Waals surface area contributed by atoms with Gasteiger partial charge in [-0.1, -0.05) is 19.3 Å². The van der Waals surface area contributed by atoms with Gasteiger partial charge >= 0.3 is 0 Å². The van der Waals surface area contributed by atoms with Gasteiger partial charge in [0, 0.05) is 51.2 Å². The molecule has 0 radical (unpaired) electrons. The molecule has 0 spiro atoms. The number of hydrogen-bond donors (Lipinski definition) is 0. The van der Waals surface area contributed by atoms with Crippen molar-refractivity contribution in [3.8, 4) is 0 Å². The van der Waals surface area contributed by atoms with Gasteiger partial charge in [0.1, 0.15) is 0 Å². The molecule has 1 atom stereocenters. The van der Waals surface area contributed by atoms with E-state index in [1.165, 1.54) is 32.1 Å². The molecule has 146 valence electrons. The molecule has 0 aromatic carbocycles. The summed E-state index contributed by atoms with van der Waals surface area (Å²) >= 11 is 0. The first-order valence-electron chi connectivity index (χ1n) is 10.5. The summed E-state index contributed by atoms with van der Waals surface area (Å²) in [5, 5.41) is 0. The van der Waals surface area contributed by atoms with E-state index in [-0.39, 0.29) is 17.9 Å². The smallest absolute Gasteiger partial charge is 0.223 e. The molecule has 27 heavy (non-hydrogen) atoms. The standard InChI is InChI=1S/C21H30N4O2/c1-15(26)25-10-5-8-19(25)21-22-13-17-14-24(11-9-18(17)23-21)20(27)12-16-6-3-2-4-7-16/h13,16,19H,2-12,14H2,1H3. The van der Waals surface area contributed by atoms with Crippen molar-refractivity contribution >= 4 is 11.8 Å². The summed E-state index contributed by atoms with van der Waals surface area (Å²) in [5.74, 6) is 1.73. The lowest BCUT2D eigenvalue weighted by atomic mass is 9.86. The molecule has 1 unspecified atom stereocenters. The van der Waals surface area contributed by atoms with E-state index in [0.717, 1.165) is 49.4 Å². The Morgan fingerprint density at radius 2 is 1.93 bits per heavy atom. The van der Waals surface area contributed by atoms with Crippen LogP contribution in [0.3, 0.4) is 0 Å². The zero-order valence-electron chi connectivity index (χ0n) is 16.3. The molecule has 0 N–H and O–H groups in total. The molecule has 2 aliphatic heterocycles. The maximum Gasteiger partial charge on any atom is 0.223 e. The second-order valence-corrected chi connectivity index (χ2v) is 8.34. The minimum absolute atomic E-state index is 0.0127. The van der Waals surface area contributed by atoms with Gasteiger partial charge in [-0.15, -0.1) is 0 Å². The number of carbonyl (C=O) groups is 2. The first-order valence-corrected chi connectivity index (χ1v) is 10.5. The fraction of sp³-hybridized carbons (Fsp3) is 0.714.